The van der Waals surface area contributed by atoms with Crippen LogP contribution in [0.3, 0.4) is 0 Å². The Kier molecular flexibility index (Phi) is 16.5. The van der Waals surface area contributed by atoms with Crippen LogP contribution in [0.2, 0.25) is 0 Å². The molecule has 20 heteroatoms. The molecule has 3 aromatic heterocycles. The zero-order chi connectivity index (χ0) is 66.2. The van der Waals surface area contributed by atoms with Gasteiger partial charge in [0, 0.05) is 22.3 Å². The SMILES string of the molecule is CC1=C(C)c2nc1c(-c1c(C)c(C)c(C)c(P(=O)(O)O)c1C)c1[nH]c(c(C)c1C)c(-c1c(C)c(C)c(C)c(P(=O)(O)O)c1C)c1nc(c(-c3c(C)c(C)c(C)c(P(=O)(O)O)c3C)c3[nH]c(c(C)c3C)c2-c2c(C)c(C)c(C)c(P(=O)(O)O)c2C)C(C)=C1C. The number of benzene rings is 4. The average Bonchev–Trinajstić information content (AvgIpc) is 1.50. The largest absolute Gasteiger partial charge is 0.356 e. The highest BCUT2D eigenvalue weighted by Crippen LogP contribution is 2.54. The number of aromatic amines is 2. The van der Waals surface area contributed by atoms with Crippen molar-refractivity contribution in [2.45, 2.75) is 166 Å². The molecule has 8 bridgehead atoms. The van der Waals surface area contributed by atoms with E-state index < -0.39 is 30.4 Å². The number of hydrogen-bond donors (Lipinski definition) is 10. The number of nitrogens with zero attached hydrogens (tertiary/aromatic N) is 2. The molecule has 2 aliphatic heterocycles. The molecule has 7 aromatic rings. The first-order valence-corrected chi connectivity index (χ1v) is 35.6. The van der Waals surface area contributed by atoms with Crippen molar-refractivity contribution in [3.63, 3.8) is 0 Å². The van der Waals surface area contributed by atoms with Gasteiger partial charge in [0.25, 0.3) is 0 Å². The third kappa shape index (κ3) is 9.80. The number of aryl methyl sites for hydroxylation is 4. The summed E-state index contributed by atoms with van der Waals surface area (Å²) in [5.41, 5.74) is 22.2. The quantitative estimate of drug-likeness (QED) is 0.0634. The number of allylic oxidation sites excluding steroid dienone is 4. The number of rotatable bonds is 8. The predicted molar refractivity (Wildman–Crippen MR) is 361 cm³/mol. The minimum atomic E-state index is -4.98. The summed E-state index contributed by atoms with van der Waals surface area (Å²) in [5, 5.41) is -0.487. The maximum Gasteiger partial charge on any atom is 0.356 e. The molecule has 0 unspecified atom stereocenters. The van der Waals surface area contributed by atoms with E-state index in [1.54, 1.807) is 55.4 Å². The maximum absolute atomic E-state index is 13.9. The van der Waals surface area contributed by atoms with Gasteiger partial charge in [0.05, 0.1) is 66.1 Å². The normalized spacial score (nSPS) is 13.5. The van der Waals surface area contributed by atoms with Crippen molar-refractivity contribution < 1.29 is 57.4 Å². The van der Waals surface area contributed by atoms with Crippen molar-refractivity contribution in [2.75, 3.05) is 0 Å². The zero-order valence-corrected chi connectivity index (χ0v) is 58.5. The van der Waals surface area contributed by atoms with E-state index in [-0.39, 0.29) is 21.2 Å². The first-order chi connectivity index (χ1) is 40.3. The molecule has 0 saturated heterocycles. The van der Waals surface area contributed by atoms with E-state index >= 15 is 0 Å². The molecule has 16 nitrogen and oxygen atoms in total. The van der Waals surface area contributed by atoms with Gasteiger partial charge >= 0.3 is 30.4 Å². The van der Waals surface area contributed by atoms with Crippen LogP contribution in [0, 0.1) is 138 Å². The van der Waals surface area contributed by atoms with Gasteiger partial charge in [0.1, 0.15) is 0 Å². The summed E-state index contributed by atoms with van der Waals surface area (Å²) in [6.45, 7) is 44.3. The van der Waals surface area contributed by atoms with Gasteiger partial charge in [-0.15, -0.1) is 0 Å². The predicted octanol–water partition coefficient (Wildman–Crippen LogP) is 14.3. The molecule has 9 rings (SSSR count). The highest BCUT2D eigenvalue weighted by atomic mass is 31.2. The van der Waals surface area contributed by atoms with Crippen LogP contribution >= 0.6 is 30.4 Å². The van der Waals surface area contributed by atoms with Gasteiger partial charge in [0.2, 0.25) is 0 Å². The molecular formula is C68H82N4O12P4. The molecule has 0 saturated carbocycles. The van der Waals surface area contributed by atoms with Gasteiger partial charge < -0.3 is 49.1 Å². The van der Waals surface area contributed by atoms with E-state index in [1.165, 1.54) is 0 Å². The number of H-pyrrole nitrogens is 2. The minimum absolute atomic E-state index is 0.122. The van der Waals surface area contributed by atoms with E-state index in [4.69, 9.17) is 9.97 Å². The van der Waals surface area contributed by atoms with E-state index in [0.717, 1.165) is 22.3 Å². The van der Waals surface area contributed by atoms with E-state index in [0.29, 0.717) is 201 Å². The number of fused-ring (bicyclic) bond motifs is 8. The molecule has 466 valence electrons. The van der Waals surface area contributed by atoms with Crippen molar-refractivity contribution >= 4 is 96.0 Å². The number of hydrogen-bond acceptors (Lipinski definition) is 6. The van der Waals surface area contributed by atoms with Gasteiger partial charge in [-0.3, -0.25) is 18.3 Å². The Bertz CT molecular complexity index is 4280. The van der Waals surface area contributed by atoms with Crippen LogP contribution in [0.5, 0.6) is 0 Å². The Hall–Kier alpha value is -5.92. The molecule has 4 aromatic carbocycles. The summed E-state index contributed by atoms with van der Waals surface area (Å²) in [4.78, 5) is 110. The molecule has 0 amide bonds. The van der Waals surface area contributed by atoms with E-state index in [9.17, 15) is 57.4 Å². The molecule has 0 aliphatic carbocycles. The first kappa shape index (κ1) is 66.5. The number of aromatic nitrogens is 4. The van der Waals surface area contributed by atoms with Crippen molar-refractivity contribution in [2.24, 2.45) is 0 Å². The molecule has 0 radical (unpaired) electrons. The summed E-state index contributed by atoms with van der Waals surface area (Å²) in [5.74, 6) is 0. The molecule has 0 atom stereocenters. The third-order valence-electron chi connectivity index (χ3n) is 20.6. The Labute approximate surface area is 515 Å². The second-order valence-electron chi connectivity index (χ2n) is 24.9. The Balaban J connectivity index is 1.80. The highest BCUT2D eigenvalue weighted by molar-refractivity contribution is 7.61. The van der Waals surface area contributed by atoms with Gasteiger partial charge in [-0.2, -0.15) is 0 Å². The van der Waals surface area contributed by atoms with Crippen LogP contribution in [-0.4, -0.2) is 59.1 Å². The van der Waals surface area contributed by atoms with Gasteiger partial charge in [0.15, 0.2) is 0 Å². The third-order valence-corrected chi connectivity index (χ3v) is 25.6. The topological polar surface area (TPSA) is 287 Å². The van der Waals surface area contributed by atoms with Crippen LogP contribution in [0.1, 0.15) is 162 Å². The van der Waals surface area contributed by atoms with Crippen LogP contribution in [0.4, 0.5) is 0 Å². The molecule has 0 spiro atoms. The van der Waals surface area contributed by atoms with Crippen molar-refractivity contribution in [1.82, 2.24) is 19.9 Å². The molecule has 88 heavy (non-hydrogen) atoms. The second kappa shape index (κ2) is 21.9. The monoisotopic (exact) mass is 1270 g/mol. The lowest BCUT2D eigenvalue weighted by atomic mass is 9.86. The molecule has 0 fully saturated rings. The van der Waals surface area contributed by atoms with Crippen LogP contribution < -0.4 is 21.2 Å². The first-order valence-electron chi connectivity index (χ1n) is 29.1. The Morgan fingerprint density at radius 3 is 0.523 bits per heavy atom. The Morgan fingerprint density at radius 1 is 0.216 bits per heavy atom. The lowest BCUT2D eigenvalue weighted by molar-refractivity contribution is 0.385. The van der Waals surface area contributed by atoms with Gasteiger partial charge in [-0.25, -0.2) is 9.97 Å². The zero-order valence-electron chi connectivity index (χ0n) is 54.9. The smallest absolute Gasteiger partial charge is 0.354 e. The summed E-state index contributed by atoms with van der Waals surface area (Å²) >= 11 is 0. The molecule has 10 N–H and O–H groups in total. The fraction of sp³-hybridized carbons (Fsp3) is 0.353. The molecular weight excluding hydrogens is 1190 g/mol. The van der Waals surface area contributed by atoms with Crippen molar-refractivity contribution in [3.05, 3.63) is 134 Å². The maximum atomic E-state index is 13.9. The minimum Gasteiger partial charge on any atom is -0.354 e. The van der Waals surface area contributed by atoms with Crippen LogP contribution in [0.25, 0.3) is 88.9 Å². The standard InChI is InChI=1S/C68H82N4O12P4/c1-25-29(5)49(45(21)65(41(25)17)85(73,74)75)53-57-33(9)35(11)59(69-57)54(50-30(6)26(2)42(18)66(46(50)22)86(76,77)78)61-37(13)39(15)63(71-61)56(52-32(8)28(4)44(20)68(48(52)24)88(82,83)84)64-40(16)38(14)62(72-64)55(60-36(12)34(10)58(53)70-60)51-31(7)27(3)43(19)67(47(51)23)87(79,80)81/h69,72H,1-24H3,(H2,73,74,75)(H2,76,77,78)(H2,79,80,81)(H2,82,83,84). The fourth-order valence-electron chi connectivity index (χ4n) is 14.6. The summed E-state index contributed by atoms with van der Waals surface area (Å²) in [7, 11) is -19.9. The average molecular weight is 1270 g/mol. The molecule has 5 heterocycles. The highest BCUT2D eigenvalue weighted by Gasteiger charge is 2.38. The van der Waals surface area contributed by atoms with E-state index in [2.05, 4.69) is 9.97 Å². The lowest BCUT2D eigenvalue weighted by Gasteiger charge is -2.23. The van der Waals surface area contributed by atoms with Crippen molar-refractivity contribution in [3.8, 4) is 44.5 Å². The lowest BCUT2D eigenvalue weighted by Crippen LogP contribution is -2.17. The summed E-state index contributed by atoms with van der Waals surface area (Å²) in [6.07, 6.45) is 0. The number of nitrogens with one attached hydrogen (secondary N) is 2. The summed E-state index contributed by atoms with van der Waals surface area (Å²) < 4.78 is 55.6. The second-order valence-corrected chi connectivity index (χ2v) is 31.1. The van der Waals surface area contributed by atoms with Crippen LogP contribution in [-0.2, 0) is 18.3 Å². The van der Waals surface area contributed by atoms with Crippen LogP contribution in [0.15, 0.2) is 0 Å². The fourth-order valence-corrected chi connectivity index (χ4v) is 19.2. The molecule has 2 aliphatic rings. The Morgan fingerprint density at radius 2 is 0.375 bits per heavy atom. The summed E-state index contributed by atoms with van der Waals surface area (Å²) in [6, 6.07) is 0. The van der Waals surface area contributed by atoms with Gasteiger partial charge in [-0.05, 0) is 322 Å². The van der Waals surface area contributed by atoms with E-state index in [1.807, 2.05) is 111 Å². The van der Waals surface area contributed by atoms with Crippen molar-refractivity contribution in [1.29, 1.82) is 0 Å². The van der Waals surface area contributed by atoms with Gasteiger partial charge in [-0.1, -0.05) is 0 Å².